The van der Waals surface area contributed by atoms with Crippen molar-refractivity contribution < 1.29 is 4.92 Å². The predicted octanol–water partition coefficient (Wildman–Crippen LogP) is 3.76. The van der Waals surface area contributed by atoms with E-state index in [0.29, 0.717) is 17.3 Å². The minimum absolute atomic E-state index is 0.0939. The predicted molar refractivity (Wildman–Crippen MR) is 81.4 cm³/mol. The zero-order valence-electron chi connectivity index (χ0n) is 11.3. The van der Waals surface area contributed by atoms with Crippen LogP contribution in [-0.4, -0.2) is 12.0 Å². The van der Waals surface area contributed by atoms with E-state index >= 15 is 0 Å². The first-order chi connectivity index (χ1) is 10.0. The quantitative estimate of drug-likeness (QED) is 0.637. The Kier molecular flexibility index (Phi) is 4.41. The van der Waals surface area contributed by atoms with E-state index < -0.39 is 4.92 Å². The molecule has 0 atom stereocenters. The summed E-state index contributed by atoms with van der Waals surface area (Å²) in [4.78, 5) is 12.4. The number of nitro groups is 1. The first kappa shape index (κ1) is 14.8. The molecule has 21 heavy (non-hydrogen) atoms. The highest BCUT2D eigenvalue weighted by Crippen LogP contribution is 2.30. The third-order valence-electron chi connectivity index (χ3n) is 3.08. The number of nitrogens with zero attached hydrogens (tertiary/aromatic N) is 3. The highest BCUT2D eigenvalue weighted by Gasteiger charge is 2.18. The Balaban J connectivity index is 2.35. The van der Waals surface area contributed by atoms with Gasteiger partial charge in [0.15, 0.2) is 0 Å². The first-order valence-corrected chi connectivity index (χ1v) is 6.54. The molecule has 0 fully saturated rings. The molecular formula is C15H12ClN3O2. The standard InChI is InChI=1S/C15H12ClN3O2/c1-18(10-12-4-2-3-5-13(12)16)14-7-6-11(9-17)8-15(14)19(20)21/h2-8H,10H2,1H3. The molecule has 0 amide bonds. The molecule has 0 spiro atoms. The van der Waals surface area contributed by atoms with Crippen molar-refractivity contribution in [2.24, 2.45) is 0 Å². The molecule has 0 aliphatic carbocycles. The maximum Gasteiger partial charge on any atom is 0.293 e. The summed E-state index contributed by atoms with van der Waals surface area (Å²) >= 11 is 6.10. The second-order valence-electron chi connectivity index (χ2n) is 4.52. The van der Waals surface area contributed by atoms with Crippen LogP contribution in [0.15, 0.2) is 42.5 Å². The summed E-state index contributed by atoms with van der Waals surface area (Å²) < 4.78 is 0. The van der Waals surface area contributed by atoms with Crippen LogP contribution in [0.25, 0.3) is 0 Å². The lowest BCUT2D eigenvalue weighted by molar-refractivity contribution is -0.384. The molecule has 106 valence electrons. The van der Waals surface area contributed by atoms with Crippen molar-refractivity contribution in [2.45, 2.75) is 6.54 Å². The van der Waals surface area contributed by atoms with Gasteiger partial charge in [0, 0.05) is 24.7 Å². The van der Waals surface area contributed by atoms with Gasteiger partial charge >= 0.3 is 0 Å². The highest BCUT2D eigenvalue weighted by atomic mass is 35.5. The number of anilines is 1. The van der Waals surface area contributed by atoms with Gasteiger partial charge in [-0.1, -0.05) is 29.8 Å². The summed E-state index contributed by atoms with van der Waals surface area (Å²) in [5.74, 6) is 0. The Labute approximate surface area is 127 Å². The van der Waals surface area contributed by atoms with Crippen molar-refractivity contribution in [3.8, 4) is 6.07 Å². The molecule has 0 saturated carbocycles. The molecule has 2 aromatic rings. The van der Waals surface area contributed by atoms with Crippen LogP contribution >= 0.6 is 11.6 Å². The van der Waals surface area contributed by atoms with E-state index in [-0.39, 0.29) is 11.3 Å². The molecule has 6 heteroatoms. The van der Waals surface area contributed by atoms with Crippen LogP contribution < -0.4 is 4.90 Å². The lowest BCUT2D eigenvalue weighted by Gasteiger charge is -2.20. The van der Waals surface area contributed by atoms with E-state index in [0.717, 1.165) is 5.56 Å². The smallest absolute Gasteiger partial charge is 0.293 e. The average Bonchev–Trinajstić information content (AvgIpc) is 2.48. The van der Waals surface area contributed by atoms with Gasteiger partial charge in [0.1, 0.15) is 5.69 Å². The van der Waals surface area contributed by atoms with Gasteiger partial charge in [0.25, 0.3) is 5.69 Å². The molecule has 0 unspecified atom stereocenters. The number of nitro benzene ring substituents is 1. The van der Waals surface area contributed by atoms with Crippen LogP contribution in [0.5, 0.6) is 0 Å². The van der Waals surface area contributed by atoms with E-state index in [2.05, 4.69) is 0 Å². The number of rotatable bonds is 4. The molecule has 0 aliphatic rings. The Morgan fingerprint density at radius 1 is 1.33 bits per heavy atom. The van der Waals surface area contributed by atoms with Gasteiger partial charge in [-0.05, 0) is 23.8 Å². The van der Waals surface area contributed by atoms with Crippen LogP contribution in [-0.2, 0) is 6.54 Å². The average molecular weight is 302 g/mol. The SMILES string of the molecule is CN(Cc1ccccc1Cl)c1ccc(C#N)cc1[N+](=O)[O-]. The van der Waals surface area contributed by atoms with Gasteiger partial charge < -0.3 is 4.90 Å². The van der Waals surface area contributed by atoms with Crippen molar-refractivity contribution in [1.29, 1.82) is 5.26 Å². The lowest BCUT2D eigenvalue weighted by Crippen LogP contribution is -2.18. The number of halogens is 1. The van der Waals surface area contributed by atoms with Crippen molar-refractivity contribution in [3.05, 3.63) is 68.7 Å². The fourth-order valence-corrected chi connectivity index (χ4v) is 2.22. The third kappa shape index (κ3) is 3.30. The van der Waals surface area contributed by atoms with E-state index in [1.807, 2.05) is 24.3 Å². The van der Waals surface area contributed by atoms with Crippen LogP contribution in [0, 0.1) is 21.4 Å². The number of hydrogen-bond donors (Lipinski definition) is 0. The minimum Gasteiger partial charge on any atom is -0.365 e. The topological polar surface area (TPSA) is 70.2 Å². The van der Waals surface area contributed by atoms with Gasteiger partial charge in [-0.3, -0.25) is 10.1 Å². The van der Waals surface area contributed by atoms with Gasteiger partial charge in [-0.15, -0.1) is 0 Å². The van der Waals surface area contributed by atoms with Gasteiger partial charge in [0.2, 0.25) is 0 Å². The summed E-state index contributed by atoms with van der Waals surface area (Å²) in [7, 11) is 1.75. The Morgan fingerprint density at radius 3 is 2.67 bits per heavy atom. The summed E-state index contributed by atoms with van der Waals surface area (Å²) in [6.45, 7) is 0.437. The second kappa shape index (κ2) is 6.25. The van der Waals surface area contributed by atoms with E-state index in [1.165, 1.54) is 6.07 Å². The molecule has 0 aromatic heterocycles. The zero-order valence-corrected chi connectivity index (χ0v) is 12.0. The molecule has 0 radical (unpaired) electrons. The van der Waals surface area contributed by atoms with Gasteiger partial charge in [-0.25, -0.2) is 0 Å². The number of hydrogen-bond acceptors (Lipinski definition) is 4. The van der Waals surface area contributed by atoms with E-state index in [9.17, 15) is 10.1 Å². The molecule has 0 saturated heterocycles. The Hall–Kier alpha value is -2.58. The number of benzene rings is 2. The zero-order chi connectivity index (χ0) is 15.4. The monoisotopic (exact) mass is 301 g/mol. The Bertz CT molecular complexity index is 725. The van der Waals surface area contributed by atoms with E-state index in [4.69, 9.17) is 16.9 Å². The minimum atomic E-state index is -0.487. The fourth-order valence-electron chi connectivity index (χ4n) is 2.03. The highest BCUT2D eigenvalue weighted by molar-refractivity contribution is 6.31. The summed E-state index contributed by atoms with van der Waals surface area (Å²) in [5, 5.41) is 20.6. The molecule has 2 rings (SSSR count). The molecule has 0 aliphatic heterocycles. The maximum absolute atomic E-state index is 11.2. The first-order valence-electron chi connectivity index (χ1n) is 6.16. The van der Waals surface area contributed by atoms with Crippen molar-refractivity contribution in [1.82, 2.24) is 0 Å². The summed E-state index contributed by atoms with van der Waals surface area (Å²) in [6, 6.07) is 13.7. The lowest BCUT2D eigenvalue weighted by atomic mass is 10.1. The fraction of sp³-hybridized carbons (Fsp3) is 0.133. The van der Waals surface area contributed by atoms with Gasteiger partial charge in [-0.2, -0.15) is 5.26 Å². The summed E-state index contributed by atoms with van der Waals surface area (Å²) in [5.41, 5.74) is 1.49. The van der Waals surface area contributed by atoms with Gasteiger partial charge in [0.05, 0.1) is 16.6 Å². The maximum atomic E-state index is 11.2. The largest absolute Gasteiger partial charge is 0.365 e. The third-order valence-corrected chi connectivity index (χ3v) is 3.45. The van der Waals surface area contributed by atoms with Crippen molar-refractivity contribution >= 4 is 23.0 Å². The van der Waals surface area contributed by atoms with Crippen LogP contribution in [0.3, 0.4) is 0 Å². The van der Waals surface area contributed by atoms with Crippen LogP contribution in [0.4, 0.5) is 11.4 Å². The number of nitriles is 1. The molecular weight excluding hydrogens is 290 g/mol. The molecule has 5 nitrogen and oxygen atoms in total. The normalized spacial score (nSPS) is 9.95. The summed E-state index contributed by atoms with van der Waals surface area (Å²) in [6.07, 6.45) is 0. The van der Waals surface area contributed by atoms with Crippen molar-refractivity contribution in [2.75, 3.05) is 11.9 Å². The van der Waals surface area contributed by atoms with Crippen LogP contribution in [0.2, 0.25) is 5.02 Å². The molecule has 2 aromatic carbocycles. The van der Waals surface area contributed by atoms with Crippen molar-refractivity contribution in [3.63, 3.8) is 0 Å². The molecule has 0 heterocycles. The second-order valence-corrected chi connectivity index (χ2v) is 4.93. The molecule has 0 bridgehead atoms. The van der Waals surface area contributed by atoms with Crippen LogP contribution in [0.1, 0.15) is 11.1 Å². The molecule has 0 N–H and O–H groups in total. The Morgan fingerprint density at radius 2 is 2.05 bits per heavy atom. The van der Waals surface area contributed by atoms with E-state index in [1.54, 1.807) is 30.1 Å².